The molecule has 28 heavy (non-hydrogen) atoms. The number of ether oxygens (including phenoxy) is 1. The number of methoxy groups -OCH3 is 1. The van der Waals surface area contributed by atoms with Crippen molar-refractivity contribution >= 4 is 62.3 Å². The van der Waals surface area contributed by atoms with E-state index in [1.165, 1.54) is 37.1 Å². The summed E-state index contributed by atoms with van der Waals surface area (Å²) >= 11 is 10.0. The maximum atomic E-state index is 11.9. The van der Waals surface area contributed by atoms with Crippen LogP contribution in [-0.4, -0.2) is 28.8 Å². The van der Waals surface area contributed by atoms with E-state index in [4.69, 9.17) is 17.0 Å². The van der Waals surface area contributed by atoms with Crippen molar-refractivity contribution in [2.45, 2.75) is 5.75 Å². The van der Waals surface area contributed by atoms with Gasteiger partial charge in [-0.1, -0.05) is 34.1 Å². The first-order valence-corrected chi connectivity index (χ1v) is 10.3. The van der Waals surface area contributed by atoms with Gasteiger partial charge in [-0.05, 0) is 29.9 Å². The molecule has 148 valence electrons. The lowest BCUT2D eigenvalue weighted by Crippen LogP contribution is -2.44. The zero-order valence-corrected chi connectivity index (χ0v) is 17.9. The molecule has 11 heteroatoms. The van der Waals surface area contributed by atoms with Crippen molar-refractivity contribution in [3.8, 4) is 5.75 Å². The zero-order valence-electron chi connectivity index (χ0n) is 14.7. The Labute approximate surface area is 179 Å². The van der Waals surface area contributed by atoms with Crippen molar-refractivity contribution in [3.63, 3.8) is 0 Å². The molecule has 0 aliphatic carbocycles. The Morgan fingerprint density at radius 2 is 2.04 bits per heavy atom. The van der Waals surface area contributed by atoms with E-state index >= 15 is 0 Å². The smallest absolute Gasteiger partial charge is 0.273 e. The maximum absolute atomic E-state index is 11.9. The number of non-ortho nitro benzene ring substituents is 1. The number of hydrogen-bond acceptors (Lipinski definition) is 6. The number of anilines is 1. The molecule has 1 amide bonds. The van der Waals surface area contributed by atoms with Crippen molar-refractivity contribution in [3.05, 3.63) is 62.6 Å². The van der Waals surface area contributed by atoms with Crippen molar-refractivity contribution in [2.75, 3.05) is 18.2 Å². The molecule has 0 bridgehead atoms. The molecule has 0 radical (unpaired) electrons. The molecule has 0 heterocycles. The fourth-order valence-electron chi connectivity index (χ4n) is 2.08. The molecule has 0 aromatic heterocycles. The van der Waals surface area contributed by atoms with Gasteiger partial charge in [0.1, 0.15) is 5.75 Å². The minimum Gasteiger partial charge on any atom is -0.494 e. The predicted octanol–water partition coefficient (Wildman–Crippen LogP) is 3.62. The summed E-state index contributed by atoms with van der Waals surface area (Å²) in [7, 11) is 1.39. The number of carbonyl (C=O) groups excluding carboxylic acids is 1. The molecular weight excluding hydrogens is 468 g/mol. The van der Waals surface area contributed by atoms with Gasteiger partial charge in [-0.2, -0.15) is 0 Å². The van der Waals surface area contributed by atoms with E-state index in [0.29, 0.717) is 11.4 Å². The number of thiocarbonyl (C=S) groups is 1. The number of benzene rings is 2. The lowest BCUT2D eigenvalue weighted by atomic mass is 10.2. The van der Waals surface area contributed by atoms with Crippen LogP contribution >= 0.6 is 39.9 Å². The van der Waals surface area contributed by atoms with Gasteiger partial charge in [0.05, 0.1) is 29.5 Å². The van der Waals surface area contributed by atoms with Crippen LogP contribution in [0.1, 0.15) is 5.56 Å². The third-order valence-corrected chi connectivity index (χ3v) is 5.37. The van der Waals surface area contributed by atoms with E-state index in [0.717, 1.165) is 10.0 Å². The van der Waals surface area contributed by atoms with Gasteiger partial charge in [-0.25, -0.2) is 0 Å². The Balaban J connectivity index is 1.78. The van der Waals surface area contributed by atoms with Crippen LogP contribution < -0.4 is 20.9 Å². The quantitative estimate of drug-likeness (QED) is 0.310. The van der Waals surface area contributed by atoms with Gasteiger partial charge < -0.3 is 10.1 Å². The second kappa shape index (κ2) is 10.8. The molecule has 8 nitrogen and oxygen atoms in total. The number of halogens is 1. The Morgan fingerprint density at radius 3 is 2.71 bits per heavy atom. The number of rotatable bonds is 7. The van der Waals surface area contributed by atoms with Gasteiger partial charge >= 0.3 is 0 Å². The number of thioether (sulfide) groups is 1. The summed E-state index contributed by atoms with van der Waals surface area (Å²) in [6.45, 7) is 0. The first-order valence-electron chi connectivity index (χ1n) is 7.90. The highest BCUT2D eigenvalue weighted by Gasteiger charge is 2.12. The van der Waals surface area contributed by atoms with E-state index in [1.807, 2.05) is 24.3 Å². The second-order valence-electron chi connectivity index (χ2n) is 5.35. The van der Waals surface area contributed by atoms with Crippen molar-refractivity contribution in [2.24, 2.45) is 0 Å². The van der Waals surface area contributed by atoms with Gasteiger partial charge in [0, 0.05) is 16.3 Å². The van der Waals surface area contributed by atoms with Crippen molar-refractivity contribution in [1.82, 2.24) is 10.9 Å². The second-order valence-corrected chi connectivity index (χ2v) is 7.60. The highest BCUT2D eigenvalue weighted by Crippen LogP contribution is 2.28. The number of hydrogen-bond donors (Lipinski definition) is 3. The average molecular weight is 485 g/mol. The van der Waals surface area contributed by atoms with E-state index in [9.17, 15) is 14.9 Å². The molecule has 2 aromatic rings. The average Bonchev–Trinajstić information content (AvgIpc) is 2.68. The summed E-state index contributed by atoms with van der Waals surface area (Å²) in [5, 5.41) is 13.8. The summed E-state index contributed by atoms with van der Waals surface area (Å²) in [6.07, 6.45) is 0. The molecule has 0 unspecified atom stereocenters. The Kier molecular flexibility index (Phi) is 8.48. The molecule has 0 fully saturated rings. The molecule has 2 aromatic carbocycles. The molecule has 0 saturated heterocycles. The van der Waals surface area contributed by atoms with Crippen LogP contribution in [0.2, 0.25) is 0 Å². The van der Waals surface area contributed by atoms with Crippen LogP contribution in [0, 0.1) is 10.1 Å². The number of hydrazine groups is 1. The van der Waals surface area contributed by atoms with E-state index in [2.05, 4.69) is 32.1 Å². The number of nitro benzene ring substituents is 1. The lowest BCUT2D eigenvalue weighted by molar-refractivity contribution is -0.384. The van der Waals surface area contributed by atoms with E-state index in [-0.39, 0.29) is 28.2 Å². The number of nitrogens with one attached hydrogen (secondary N) is 3. The van der Waals surface area contributed by atoms with Gasteiger partial charge in [-0.3, -0.25) is 25.8 Å². The minimum atomic E-state index is -0.519. The van der Waals surface area contributed by atoms with Crippen LogP contribution in [0.25, 0.3) is 0 Å². The summed E-state index contributed by atoms with van der Waals surface area (Å²) in [5.41, 5.74) is 6.53. The fraction of sp³-hybridized carbons (Fsp3) is 0.176. The summed E-state index contributed by atoms with van der Waals surface area (Å²) in [4.78, 5) is 22.2. The Bertz CT molecular complexity index is 882. The third-order valence-electron chi connectivity index (χ3n) is 3.41. The van der Waals surface area contributed by atoms with Gasteiger partial charge in [0.2, 0.25) is 5.91 Å². The van der Waals surface area contributed by atoms with Crippen molar-refractivity contribution < 1.29 is 14.5 Å². The highest BCUT2D eigenvalue weighted by atomic mass is 79.9. The van der Waals surface area contributed by atoms with E-state index < -0.39 is 4.92 Å². The molecule has 0 saturated carbocycles. The summed E-state index contributed by atoms with van der Waals surface area (Å²) in [6, 6.07) is 11.9. The molecule has 0 aliphatic rings. The van der Waals surface area contributed by atoms with Crippen LogP contribution in [0.4, 0.5) is 11.4 Å². The molecular formula is C17H17BrN4O4S2. The van der Waals surface area contributed by atoms with E-state index in [1.54, 1.807) is 0 Å². The SMILES string of the molecule is COc1cc([N+](=O)[O-])ccc1NC(=S)NNC(=O)CSCc1ccccc1Br. The van der Waals surface area contributed by atoms with Crippen LogP contribution in [-0.2, 0) is 10.5 Å². The number of amides is 1. The van der Waals surface area contributed by atoms with Gasteiger partial charge in [-0.15, -0.1) is 11.8 Å². The normalized spacial score (nSPS) is 10.1. The molecule has 0 aliphatic heterocycles. The van der Waals surface area contributed by atoms with Crippen molar-refractivity contribution in [1.29, 1.82) is 0 Å². The first kappa shape index (κ1) is 21.9. The third kappa shape index (κ3) is 6.66. The fourth-order valence-corrected chi connectivity index (χ4v) is 3.68. The maximum Gasteiger partial charge on any atom is 0.273 e. The number of nitrogens with zero attached hydrogens (tertiary/aromatic N) is 1. The summed E-state index contributed by atoms with van der Waals surface area (Å²) in [5.74, 6) is 0.959. The molecule has 0 spiro atoms. The van der Waals surface area contributed by atoms with Crippen LogP contribution in [0.5, 0.6) is 5.75 Å². The Morgan fingerprint density at radius 1 is 1.29 bits per heavy atom. The van der Waals surface area contributed by atoms with Crippen LogP contribution in [0.15, 0.2) is 46.9 Å². The predicted molar refractivity (Wildman–Crippen MR) is 117 cm³/mol. The summed E-state index contributed by atoms with van der Waals surface area (Å²) < 4.78 is 6.12. The molecule has 2 rings (SSSR count). The number of nitro groups is 1. The highest BCUT2D eigenvalue weighted by molar-refractivity contribution is 9.10. The monoisotopic (exact) mass is 484 g/mol. The van der Waals surface area contributed by atoms with Gasteiger partial charge in [0.15, 0.2) is 5.11 Å². The Hall–Kier alpha value is -2.37. The molecule has 0 atom stereocenters. The number of carbonyl (C=O) groups is 1. The largest absolute Gasteiger partial charge is 0.494 e. The topological polar surface area (TPSA) is 106 Å². The molecule has 3 N–H and O–H groups in total. The standard InChI is InChI=1S/C17H17BrN4O4S2/c1-26-15-8-12(22(24)25)6-7-14(15)19-17(27)21-20-16(23)10-28-9-11-4-2-3-5-13(11)18/h2-8H,9-10H2,1H3,(H,20,23)(H2,19,21,27). The lowest BCUT2D eigenvalue weighted by Gasteiger charge is -2.14. The first-order chi connectivity index (χ1) is 13.4. The van der Waals surface area contributed by atoms with Gasteiger partial charge in [0.25, 0.3) is 5.69 Å². The zero-order chi connectivity index (χ0) is 20.5. The minimum absolute atomic E-state index is 0.100. The van der Waals surface area contributed by atoms with Crippen LogP contribution in [0.3, 0.4) is 0 Å².